The van der Waals surface area contributed by atoms with Crippen LogP contribution < -0.4 is 10.6 Å². The largest absolute Gasteiger partial charge is 0.396 e. The topological polar surface area (TPSA) is 62.4 Å². The fourth-order valence-electron chi connectivity index (χ4n) is 3.29. The third-order valence-electron chi connectivity index (χ3n) is 4.22. The molecule has 0 saturated heterocycles. The number of fused-ring (bicyclic) bond motifs is 1. The maximum Gasteiger partial charge on any atom is 0.0745 e. The molecule has 1 aromatic heterocycles. The summed E-state index contributed by atoms with van der Waals surface area (Å²) in [7, 11) is 0. The van der Waals surface area contributed by atoms with Crippen LogP contribution in [-0.2, 0) is 0 Å². The number of nitrogen functional groups attached to an aromatic ring is 1. The van der Waals surface area contributed by atoms with Crippen molar-refractivity contribution in [2.24, 2.45) is 0 Å². The highest BCUT2D eigenvalue weighted by Crippen LogP contribution is 2.37. The van der Waals surface area contributed by atoms with E-state index in [1.165, 1.54) is 12.8 Å². The molecule has 1 heterocycles. The highest BCUT2D eigenvalue weighted by Gasteiger charge is 2.25. The average molecular weight is 350 g/mol. The van der Waals surface area contributed by atoms with Gasteiger partial charge in [-0.25, -0.2) is 0 Å². The van der Waals surface area contributed by atoms with E-state index in [-0.39, 0.29) is 6.61 Å². The quantitative estimate of drug-likeness (QED) is 0.888. The normalized spacial score (nSPS) is 15.7. The molecule has 2 aromatic rings. The fourth-order valence-corrected chi connectivity index (χ4v) is 3.65. The number of aliphatic hydroxyl groups is 1. The van der Waals surface area contributed by atoms with Crippen LogP contribution in [0.3, 0.4) is 0 Å². The summed E-state index contributed by atoms with van der Waals surface area (Å²) < 4.78 is 1.01. The smallest absolute Gasteiger partial charge is 0.0745 e. The molecule has 21 heavy (non-hydrogen) atoms. The van der Waals surface area contributed by atoms with Crippen molar-refractivity contribution in [2.75, 3.05) is 23.8 Å². The maximum absolute atomic E-state index is 9.47. The molecular formula is C16H20BrN3O. The van der Waals surface area contributed by atoms with E-state index in [2.05, 4.69) is 31.9 Å². The first-order valence-electron chi connectivity index (χ1n) is 7.42. The number of aliphatic hydroxyl groups excluding tert-OH is 1. The zero-order chi connectivity index (χ0) is 14.8. The Morgan fingerprint density at radius 1 is 1.33 bits per heavy atom. The van der Waals surface area contributed by atoms with Crippen LogP contribution >= 0.6 is 15.9 Å². The standard InChI is InChI=1S/C16H20BrN3O/c17-11-5-6-15-13(9-11)16(14(18)10-19-15)20(7-8-21)12-3-1-2-4-12/h5-6,9-10,12,21H,1-4,7-8,18H2. The van der Waals surface area contributed by atoms with Gasteiger partial charge in [-0.15, -0.1) is 0 Å². The van der Waals surface area contributed by atoms with Crippen LogP contribution in [0, 0.1) is 0 Å². The fraction of sp³-hybridized carbons (Fsp3) is 0.438. The van der Waals surface area contributed by atoms with Crippen molar-refractivity contribution < 1.29 is 5.11 Å². The molecular weight excluding hydrogens is 330 g/mol. The number of anilines is 2. The first-order chi connectivity index (χ1) is 10.2. The minimum Gasteiger partial charge on any atom is -0.396 e. The number of pyridine rings is 1. The Labute approximate surface area is 133 Å². The highest BCUT2D eigenvalue weighted by molar-refractivity contribution is 9.10. The van der Waals surface area contributed by atoms with Gasteiger partial charge >= 0.3 is 0 Å². The van der Waals surface area contributed by atoms with Crippen molar-refractivity contribution in [1.82, 2.24) is 4.98 Å². The van der Waals surface area contributed by atoms with Crippen LogP contribution in [0.2, 0.25) is 0 Å². The van der Waals surface area contributed by atoms with Gasteiger partial charge in [-0.1, -0.05) is 28.8 Å². The molecule has 1 aromatic carbocycles. The summed E-state index contributed by atoms with van der Waals surface area (Å²) in [5.74, 6) is 0. The number of nitrogens with two attached hydrogens (primary N) is 1. The molecule has 4 nitrogen and oxygen atoms in total. The number of hydrogen-bond acceptors (Lipinski definition) is 4. The molecule has 112 valence electrons. The first-order valence-corrected chi connectivity index (χ1v) is 8.21. The lowest BCUT2D eigenvalue weighted by Crippen LogP contribution is -2.36. The molecule has 0 bridgehead atoms. The SMILES string of the molecule is Nc1cnc2ccc(Br)cc2c1N(CCO)C1CCCC1. The van der Waals surface area contributed by atoms with Crippen LogP contribution in [0.15, 0.2) is 28.9 Å². The molecule has 0 spiro atoms. The molecule has 0 aliphatic heterocycles. The predicted molar refractivity (Wildman–Crippen MR) is 90.5 cm³/mol. The number of hydrogen-bond donors (Lipinski definition) is 2. The van der Waals surface area contributed by atoms with E-state index in [0.717, 1.165) is 33.9 Å². The summed E-state index contributed by atoms with van der Waals surface area (Å²) in [5, 5.41) is 10.5. The summed E-state index contributed by atoms with van der Waals surface area (Å²) in [6.07, 6.45) is 6.55. The number of benzene rings is 1. The third kappa shape index (κ3) is 2.85. The van der Waals surface area contributed by atoms with Gasteiger partial charge in [-0.05, 0) is 31.0 Å². The molecule has 1 fully saturated rings. The molecule has 5 heteroatoms. The van der Waals surface area contributed by atoms with Crippen molar-refractivity contribution in [3.63, 3.8) is 0 Å². The highest BCUT2D eigenvalue weighted by atomic mass is 79.9. The van der Waals surface area contributed by atoms with Crippen LogP contribution in [0.5, 0.6) is 0 Å². The van der Waals surface area contributed by atoms with Gasteiger partial charge in [0.05, 0.1) is 29.7 Å². The summed E-state index contributed by atoms with van der Waals surface area (Å²) in [6.45, 7) is 0.744. The number of halogens is 1. The molecule has 0 amide bonds. The lowest BCUT2D eigenvalue weighted by Gasteiger charge is -2.32. The molecule has 0 unspecified atom stereocenters. The zero-order valence-electron chi connectivity index (χ0n) is 11.9. The molecule has 3 N–H and O–H groups in total. The first kappa shape index (κ1) is 14.6. The van der Waals surface area contributed by atoms with Gasteiger partial charge in [-0.2, -0.15) is 0 Å². The Hall–Kier alpha value is -1.33. The Kier molecular flexibility index (Phi) is 4.31. The van der Waals surface area contributed by atoms with Crippen molar-refractivity contribution in [3.05, 3.63) is 28.9 Å². The molecule has 1 aliphatic rings. The van der Waals surface area contributed by atoms with Crippen LogP contribution in [-0.4, -0.2) is 29.3 Å². The number of nitrogens with zero attached hydrogens (tertiary/aromatic N) is 2. The Bertz CT molecular complexity index is 635. The van der Waals surface area contributed by atoms with Gasteiger partial charge in [0.2, 0.25) is 0 Å². The molecule has 0 radical (unpaired) electrons. The average Bonchev–Trinajstić information content (AvgIpc) is 2.99. The van der Waals surface area contributed by atoms with E-state index in [1.54, 1.807) is 6.20 Å². The van der Waals surface area contributed by atoms with Gasteiger partial charge < -0.3 is 15.7 Å². The van der Waals surface area contributed by atoms with Gasteiger partial charge in [0.15, 0.2) is 0 Å². The zero-order valence-corrected chi connectivity index (χ0v) is 13.5. The maximum atomic E-state index is 9.47. The lowest BCUT2D eigenvalue weighted by molar-refractivity contribution is 0.297. The molecule has 3 rings (SSSR count). The number of rotatable bonds is 4. The summed E-state index contributed by atoms with van der Waals surface area (Å²) in [6, 6.07) is 6.51. The number of aromatic nitrogens is 1. The van der Waals surface area contributed by atoms with Gasteiger partial charge in [0, 0.05) is 22.4 Å². The van der Waals surface area contributed by atoms with Crippen LogP contribution in [0.1, 0.15) is 25.7 Å². The van der Waals surface area contributed by atoms with E-state index in [1.807, 2.05) is 12.1 Å². The summed E-state index contributed by atoms with van der Waals surface area (Å²) >= 11 is 3.53. The summed E-state index contributed by atoms with van der Waals surface area (Å²) in [5.41, 5.74) is 8.87. The van der Waals surface area contributed by atoms with Crippen molar-refractivity contribution in [2.45, 2.75) is 31.7 Å². The van der Waals surface area contributed by atoms with E-state index < -0.39 is 0 Å². The Balaban J connectivity index is 2.14. The predicted octanol–water partition coefficient (Wildman–Crippen LogP) is 3.32. The van der Waals surface area contributed by atoms with Gasteiger partial charge in [0.1, 0.15) is 0 Å². The Morgan fingerprint density at radius 2 is 2.10 bits per heavy atom. The second kappa shape index (κ2) is 6.20. The van der Waals surface area contributed by atoms with E-state index in [0.29, 0.717) is 18.3 Å². The van der Waals surface area contributed by atoms with Crippen molar-refractivity contribution in [1.29, 1.82) is 0 Å². The lowest BCUT2D eigenvalue weighted by atomic mass is 10.1. The van der Waals surface area contributed by atoms with Crippen molar-refractivity contribution in [3.8, 4) is 0 Å². The van der Waals surface area contributed by atoms with E-state index in [4.69, 9.17) is 5.73 Å². The van der Waals surface area contributed by atoms with E-state index in [9.17, 15) is 5.11 Å². The van der Waals surface area contributed by atoms with Gasteiger partial charge in [-0.3, -0.25) is 4.98 Å². The summed E-state index contributed by atoms with van der Waals surface area (Å²) in [4.78, 5) is 6.69. The minimum absolute atomic E-state index is 0.133. The van der Waals surface area contributed by atoms with Crippen LogP contribution in [0.4, 0.5) is 11.4 Å². The molecule has 1 saturated carbocycles. The minimum atomic E-state index is 0.133. The van der Waals surface area contributed by atoms with Gasteiger partial charge in [0.25, 0.3) is 0 Å². The van der Waals surface area contributed by atoms with Crippen molar-refractivity contribution >= 4 is 38.2 Å². The molecule has 1 aliphatic carbocycles. The monoisotopic (exact) mass is 349 g/mol. The van der Waals surface area contributed by atoms with E-state index >= 15 is 0 Å². The third-order valence-corrected chi connectivity index (χ3v) is 4.72. The second-order valence-corrected chi connectivity index (χ2v) is 6.49. The Morgan fingerprint density at radius 3 is 2.81 bits per heavy atom. The second-order valence-electron chi connectivity index (χ2n) is 5.58. The van der Waals surface area contributed by atoms with Crippen LogP contribution in [0.25, 0.3) is 10.9 Å². The molecule has 0 atom stereocenters.